The molecule has 3 heteroatoms. The van der Waals surface area contributed by atoms with Crippen molar-refractivity contribution in [3.8, 4) is 0 Å². The van der Waals surface area contributed by atoms with Gasteiger partial charge in [0, 0.05) is 29.9 Å². The molecule has 1 aliphatic heterocycles. The minimum Gasteiger partial charge on any atom is -0.366 e. The van der Waals surface area contributed by atoms with E-state index in [1.54, 1.807) is 6.07 Å². The topological polar surface area (TPSA) is 15.3 Å². The number of anilines is 1. The van der Waals surface area contributed by atoms with Gasteiger partial charge in [-0.1, -0.05) is 27.2 Å². The van der Waals surface area contributed by atoms with Crippen LogP contribution in [-0.2, 0) is 6.54 Å². The number of rotatable bonds is 7. The van der Waals surface area contributed by atoms with E-state index in [0.717, 1.165) is 43.6 Å². The third kappa shape index (κ3) is 4.06. The van der Waals surface area contributed by atoms with Crippen LogP contribution in [0.4, 0.5) is 10.1 Å². The van der Waals surface area contributed by atoms with Crippen LogP contribution in [0.5, 0.6) is 0 Å². The summed E-state index contributed by atoms with van der Waals surface area (Å²) in [7, 11) is 0. The highest BCUT2D eigenvalue weighted by atomic mass is 19.1. The van der Waals surface area contributed by atoms with Crippen LogP contribution in [0.3, 0.4) is 0 Å². The van der Waals surface area contributed by atoms with Gasteiger partial charge in [-0.05, 0) is 63.3 Å². The number of benzene rings is 1. The maximum atomic E-state index is 14.6. The molecule has 1 N–H and O–H groups in total. The fourth-order valence-corrected chi connectivity index (χ4v) is 3.83. The first-order chi connectivity index (χ1) is 10.9. The summed E-state index contributed by atoms with van der Waals surface area (Å²) in [6.45, 7) is 13.8. The highest BCUT2D eigenvalue weighted by Gasteiger charge is 2.36. The molecule has 0 saturated carbocycles. The summed E-state index contributed by atoms with van der Waals surface area (Å²) in [6, 6.07) is 3.89. The lowest BCUT2D eigenvalue weighted by Gasteiger charge is -2.48. The van der Waals surface area contributed by atoms with Gasteiger partial charge in [-0.3, -0.25) is 0 Å². The molecule has 0 fully saturated rings. The monoisotopic (exact) mass is 320 g/mol. The van der Waals surface area contributed by atoms with Gasteiger partial charge in [0.2, 0.25) is 0 Å². The molecule has 0 amide bonds. The van der Waals surface area contributed by atoms with Crippen LogP contribution in [0.2, 0.25) is 0 Å². The molecule has 1 aromatic carbocycles. The molecule has 1 atom stereocenters. The molecule has 1 heterocycles. The van der Waals surface area contributed by atoms with Crippen molar-refractivity contribution in [3.05, 3.63) is 29.1 Å². The molecule has 130 valence electrons. The summed E-state index contributed by atoms with van der Waals surface area (Å²) in [5.74, 6) is 0.405. The predicted molar refractivity (Wildman–Crippen MR) is 97.8 cm³/mol. The van der Waals surface area contributed by atoms with Gasteiger partial charge in [0.1, 0.15) is 5.82 Å². The third-order valence-electron chi connectivity index (χ3n) is 5.03. The zero-order valence-electron chi connectivity index (χ0n) is 15.5. The van der Waals surface area contributed by atoms with Crippen molar-refractivity contribution in [2.45, 2.75) is 78.3 Å². The number of fused-ring (bicyclic) bond motifs is 1. The summed E-state index contributed by atoms with van der Waals surface area (Å²) >= 11 is 0. The molecular formula is C20H33FN2. The number of hydrogen-bond donors (Lipinski definition) is 1. The van der Waals surface area contributed by atoms with Gasteiger partial charge in [-0.25, -0.2) is 4.39 Å². The lowest BCUT2D eigenvalue weighted by Crippen LogP contribution is -2.48. The van der Waals surface area contributed by atoms with E-state index in [2.05, 4.69) is 50.9 Å². The van der Waals surface area contributed by atoms with E-state index in [1.165, 1.54) is 12.0 Å². The molecule has 2 rings (SSSR count). The van der Waals surface area contributed by atoms with E-state index in [-0.39, 0.29) is 11.4 Å². The lowest BCUT2D eigenvalue weighted by molar-refractivity contribution is 0.372. The van der Waals surface area contributed by atoms with E-state index in [0.29, 0.717) is 12.5 Å². The molecule has 23 heavy (non-hydrogen) atoms. The molecule has 0 spiro atoms. The van der Waals surface area contributed by atoms with Crippen molar-refractivity contribution in [3.63, 3.8) is 0 Å². The van der Waals surface area contributed by atoms with Crippen molar-refractivity contribution in [1.29, 1.82) is 0 Å². The van der Waals surface area contributed by atoms with Crippen molar-refractivity contribution in [1.82, 2.24) is 5.32 Å². The van der Waals surface area contributed by atoms with Gasteiger partial charge in [0.15, 0.2) is 0 Å². The van der Waals surface area contributed by atoms with Crippen LogP contribution in [0.25, 0.3) is 0 Å². The Bertz CT molecular complexity index is 525. The fraction of sp³-hybridized carbons (Fsp3) is 0.700. The first-order valence-corrected chi connectivity index (χ1v) is 9.21. The molecule has 0 radical (unpaired) electrons. The maximum Gasteiger partial charge on any atom is 0.129 e. The van der Waals surface area contributed by atoms with Crippen LogP contribution >= 0.6 is 0 Å². The predicted octanol–water partition coefficient (Wildman–Crippen LogP) is 5.22. The number of nitrogens with one attached hydrogen (secondary N) is 1. The minimum absolute atomic E-state index is 0.0706. The average Bonchev–Trinajstić information content (AvgIpc) is 2.47. The molecule has 1 aromatic rings. The first-order valence-electron chi connectivity index (χ1n) is 9.21. The first kappa shape index (κ1) is 18.3. The lowest BCUT2D eigenvalue weighted by atomic mass is 9.79. The number of halogens is 1. The van der Waals surface area contributed by atoms with Crippen LogP contribution in [0, 0.1) is 5.82 Å². The molecule has 0 aromatic heterocycles. The average molecular weight is 320 g/mol. The number of hydrogen-bond acceptors (Lipinski definition) is 2. The zero-order chi connectivity index (χ0) is 17.0. The standard InChI is InChI=1S/C20H33FN2/c1-6-8-10-23-19-12-18(21)16(14-22-9-7-2)11-17(19)15(3)13-20(23,4)5/h11-12,15,22H,6-10,13-14H2,1-5H3/t15-/m0/s1. The highest BCUT2D eigenvalue weighted by molar-refractivity contribution is 5.61. The fourth-order valence-electron chi connectivity index (χ4n) is 3.83. The smallest absolute Gasteiger partial charge is 0.129 e. The Labute approximate surface area is 141 Å². The van der Waals surface area contributed by atoms with Crippen LogP contribution < -0.4 is 10.2 Å². The Morgan fingerprint density at radius 2 is 2.00 bits per heavy atom. The van der Waals surface area contributed by atoms with E-state index >= 15 is 0 Å². The van der Waals surface area contributed by atoms with E-state index < -0.39 is 0 Å². The Morgan fingerprint density at radius 1 is 1.26 bits per heavy atom. The van der Waals surface area contributed by atoms with Crippen LogP contribution in [0.15, 0.2) is 12.1 Å². The second-order valence-electron chi connectivity index (χ2n) is 7.60. The molecular weight excluding hydrogens is 287 g/mol. The summed E-state index contributed by atoms with van der Waals surface area (Å²) in [6.07, 6.45) is 4.51. The van der Waals surface area contributed by atoms with E-state index in [9.17, 15) is 4.39 Å². The highest BCUT2D eigenvalue weighted by Crippen LogP contribution is 2.44. The van der Waals surface area contributed by atoms with Gasteiger partial charge in [0.25, 0.3) is 0 Å². The van der Waals surface area contributed by atoms with Gasteiger partial charge >= 0.3 is 0 Å². The minimum atomic E-state index is -0.0706. The summed E-state index contributed by atoms with van der Waals surface area (Å²) in [5, 5.41) is 3.32. The van der Waals surface area contributed by atoms with E-state index in [4.69, 9.17) is 0 Å². The number of unbranched alkanes of at least 4 members (excludes halogenated alkanes) is 1. The molecule has 0 saturated heterocycles. The Kier molecular flexibility index (Phi) is 6.07. The molecule has 2 nitrogen and oxygen atoms in total. The normalized spacial score (nSPS) is 19.7. The Morgan fingerprint density at radius 3 is 2.65 bits per heavy atom. The van der Waals surface area contributed by atoms with E-state index in [1.807, 2.05) is 0 Å². The quantitative estimate of drug-likeness (QED) is 0.693. The van der Waals surface area contributed by atoms with Gasteiger partial charge in [-0.2, -0.15) is 0 Å². The molecule has 0 unspecified atom stereocenters. The second kappa shape index (κ2) is 7.65. The van der Waals surface area contributed by atoms with Crippen molar-refractivity contribution >= 4 is 5.69 Å². The second-order valence-corrected chi connectivity index (χ2v) is 7.60. The largest absolute Gasteiger partial charge is 0.366 e. The Hall–Kier alpha value is -1.09. The maximum absolute atomic E-state index is 14.6. The molecule has 0 bridgehead atoms. The Balaban J connectivity index is 2.34. The van der Waals surface area contributed by atoms with Gasteiger partial charge in [0.05, 0.1) is 0 Å². The summed E-state index contributed by atoms with van der Waals surface area (Å²) in [4.78, 5) is 2.43. The zero-order valence-corrected chi connectivity index (χ0v) is 15.5. The number of nitrogens with zero attached hydrogens (tertiary/aromatic N) is 1. The SMILES string of the molecule is CCCCN1c2cc(F)c(CNCCC)cc2[C@@H](C)CC1(C)C. The van der Waals surface area contributed by atoms with Gasteiger partial charge in [-0.15, -0.1) is 0 Å². The van der Waals surface area contributed by atoms with Crippen molar-refractivity contribution in [2.24, 2.45) is 0 Å². The van der Waals surface area contributed by atoms with Crippen molar-refractivity contribution < 1.29 is 4.39 Å². The summed E-state index contributed by atoms with van der Waals surface area (Å²) < 4.78 is 14.6. The third-order valence-corrected chi connectivity index (χ3v) is 5.03. The van der Waals surface area contributed by atoms with Crippen LogP contribution in [0.1, 0.15) is 77.3 Å². The summed E-state index contributed by atoms with van der Waals surface area (Å²) in [5.41, 5.74) is 3.32. The van der Waals surface area contributed by atoms with Crippen LogP contribution in [-0.4, -0.2) is 18.6 Å². The van der Waals surface area contributed by atoms with Crippen molar-refractivity contribution in [2.75, 3.05) is 18.0 Å². The van der Waals surface area contributed by atoms with Gasteiger partial charge < -0.3 is 10.2 Å². The molecule has 1 aliphatic rings. The molecule has 0 aliphatic carbocycles.